The second-order valence-corrected chi connectivity index (χ2v) is 17.5. The molecule has 0 radical (unpaired) electrons. The van der Waals surface area contributed by atoms with Crippen molar-refractivity contribution in [1.29, 1.82) is 0 Å². The fourth-order valence-corrected chi connectivity index (χ4v) is 8.86. The Morgan fingerprint density at radius 2 is 0.684 bits per heavy atom. The SMILES string of the molecule is CCCCCCc1ccc(Cc2ccc(CCCCCC)c(CCCCCC)c2NCc2ccc(C)cc2C)c(NCc2ccc(C)cc2C)c1CCCCCC. The Hall–Kier alpha value is -3.52. The van der Waals surface area contributed by atoms with Crippen LogP contribution in [0.2, 0.25) is 0 Å². The van der Waals surface area contributed by atoms with E-state index in [4.69, 9.17) is 0 Å². The lowest BCUT2D eigenvalue weighted by molar-refractivity contribution is 0.650. The van der Waals surface area contributed by atoms with Gasteiger partial charge >= 0.3 is 0 Å². The van der Waals surface area contributed by atoms with Crippen molar-refractivity contribution in [2.45, 2.75) is 203 Å². The average Bonchev–Trinajstić information content (AvgIpc) is 3.19. The zero-order valence-electron chi connectivity index (χ0n) is 38.0. The second-order valence-electron chi connectivity index (χ2n) is 17.5. The van der Waals surface area contributed by atoms with Gasteiger partial charge in [-0.2, -0.15) is 0 Å². The van der Waals surface area contributed by atoms with Gasteiger partial charge in [-0.15, -0.1) is 0 Å². The number of anilines is 2. The first-order chi connectivity index (χ1) is 27.8. The molecule has 0 aliphatic heterocycles. The van der Waals surface area contributed by atoms with Crippen molar-refractivity contribution in [3.8, 4) is 0 Å². The van der Waals surface area contributed by atoms with Crippen molar-refractivity contribution in [2.24, 2.45) is 0 Å². The van der Waals surface area contributed by atoms with Gasteiger partial charge in [-0.25, -0.2) is 0 Å². The molecule has 0 unspecified atom stereocenters. The van der Waals surface area contributed by atoms with E-state index in [0.29, 0.717) is 0 Å². The molecule has 0 saturated carbocycles. The molecule has 0 aliphatic rings. The van der Waals surface area contributed by atoms with Crippen molar-refractivity contribution in [3.05, 3.63) is 127 Å². The van der Waals surface area contributed by atoms with E-state index in [1.54, 1.807) is 22.3 Å². The lowest BCUT2D eigenvalue weighted by Gasteiger charge is -2.24. The molecule has 57 heavy (non-hydrogen) atoms. The highest BCUT2D eigenvalue weighted by atomic mass is 14.9. The Bertz CT molecular complexity index is 1630. The highest BCUT2D eigenvalue weighted by Crippen LogP contribution is 2.36. The highest BCUT2D eigenvalue weighted by molar-refractivity contribution is 5.67. The Balaban J connectivity index is 1.83. The molecular formula is C55H82N2. The van der Waals surface area contributed by atoms with Crippen LogP contribution in [0, 0.1) is 27.7 Å². The van der Waals surface area contributed by atoms with Gasteiger partial charge in [0.15, 0.2) is 0 Å². The number of aryl methyl sites for hydroxylation is 6. The molecule has 0 saturated heterocycles. The van der Waals surface area contributed by atoms with Gasteiger partial charge in [0, 0.05) is 30.9 Å². The van der Waals surface area contributed by atoms with E-state index in [2.05, 4.69) is 127 Å². The molecule has 2 heteroatoms. The topological polar surface area (TPSA) is 24.1 Å². The van der Waals surface area contributed by atoms with Crippen LogP contribution in [-0.2, 0) is 45.2 Å². The summed E-state index contributed by atoms with van der Waals surface area (Å²) >= 11 is 0. The predicted octanol–water partition coefficient (Wildman–Crippen LogP) is 16.2. The Labute approximate surface area is 351 Å². The van der Waals surface area contributed by atoms with Gasteiger partial charge in [0.05, 0.1) is 0 Å². The van der Waals surface area contributed by atoms with Crippen molar-refractivity contribution in [2.75, 3.05) is 10.6 Å². The van der Waals surface area contributed by atoms with Crippen LogP contribution in [-0.4, -0.2) is 0 Å². The summed E-state index contributed by atoms with van der Waals surface area (Å²) in [5.74, 6) is 0. The summed E-state index contributed by atoms with van der Waals surface area (Å²) in [5, 5.41) is 8.29. The molecule has 0 bridgehead atoms. The molecule has 312 valence electrons. The van der Waals surface area contributed by atoms with Gasteiger partial charge in [-0.05, 0) is 135 Å². The van der Waals surface area contributed by atoms with Crippen molar-refractivity contribution < 1.29 is 0 Å². The van der Waals surface area contributed by atoms with Gasteiger partial charge in [0.1, 0.15) is 0 Å². The minimum atomic E-state index is 0.859. The maximum atomic E-state index is 4.15. The second kappa shape index (κ2) is 25.8. The van der Waals surface area contributed by atoms with Crippen molar-refractivity contribution >= 4 is 11.4 Å². The molecule has 0 aromatic heterocycles. The van der Waals surface area contributed by atoms with Crippen LogP contribution in [0.4, 0.5) is 11.4 Å². The maximum Gasteiger partial charge on any atom is 0.0414 e. The lowest BCUT2D eigenvalue weighted by atomic mass is 9.87. The lowest BCUT2D eigenvalue weighted by Crippen LogP contribution is -2.12. The first kappa shape index (κ1) is 46.2. The van der Waals surface area contributed by atoms with E-state index in [1.807, 2.05) is 0 Å². The highest BCUT2D eigenvalue weighted by Gasteiger charge is 2.19. The Kier molecular flexibility index (Phi) is 20.9. The normalized spacial score (nSPS) is 11.4. The molecule has 0 aliphatic carbocycles. The number of nitrogens with one attached hydrogen (secondary N) is 2. The fraction of sp³-hybridized carbons (Fsp3) is 0.564. The van der Waals surface area contributed by atoms with Gasteiger partial charge < -0.3 is 10.6 Å². The van der Waals surface area contributed by atoms with Crippen LogP contribution in [0.3, 0.4) is 0 Å². The molecular weight excluding hydrogens is 689 g/mol. The van der Waals surface area contributed by atoms with E-state index >= 15 is 0 Å². The molecule has 0 heterocycles. The van der Waals surface area contributed by atoms with Crippen molar-refractivity contribution in [3.63, 3.8) is 0 Å². The molecule has 4 rings (SSSR count). The fourth-order valence-electron chi connectivity index (χ4n) is 8.86. The first-order valence-corrected chi connectivity index (χ1v) is 23.7. The Morgan fingerprint density at radius 1 is 0.351 bits per heavy atom. The van der Waals surface area contributed by atoms with E-state index in [0.717, 1.165) is 32.4 Å². The summed E-state index contributed by atoms with van der Waals surface area (Å²) in [6, 6.07) is 24.0. The molecule has 0 fully saturated rings. The third-order valence-electron chi connectivity index (χ3n) is 12.4. The Morgan fingerprint density at radius 3 is 1.04 bits per heavy atom. The van der Waals surface area contributed by atoms with Gasteiger partial charge in [-0.3, -0.25) is 0 Å². The molecule has 2 N–H and O–H groups in total. The summed E-state index contributed by atoms with van der Waals surface area (Å²) in [5.41, 5.74) is 20.3. The summed E-state index contributed by atoms with van der Waals surface area (Å²) in [6.45, 7) is 20.0. The predicted molar refractivity (Wildman–Crippen MR) is 254 cm³/mol. The van der Waals surface area contributed by atoms with Gasteiger partial charge in [0.2, 0.25) is 0 Å². The first-order valence-electron chi connectivity index (χ1n) is 23.7. The molecule has 2 nitrogen and oxygen atoms in total. The van der Waals surface area contributed by atoms with Crippen LogP contribution < -0.4 is 10.6 Å². The minimum absolute atomic E-state index is 0.859. The number of hydrogen-bond acceptors (Lipinski definition) is 2. The molecule has 0 spiro atoms. The van der Waals surface area contributed by atoms with Gasteiger partial charge in [0.25, 0.3) is 0 Å². The van der Waals surface area contributed by atoms with Crippen LogP contribution >= 0.6 is 0 Å². The number of rotatable bonds is 28. The molecule has 4 aromatic rings. The van der Waals surface area contributed by atoms with E-state index in [1.165, 1.54) is 171 Å². The van der Waals surface area contributed by atoms with Crippen LogP contribution in [0.25, 0.3) is 0 Å². The van der Waals surface area contributed by atoms with E-state index in [9.17, 15) is 0 Å². The smallest absolute Gasteiger partial charge is 0.0414 e. The zero-order chi connectivity index (χ0) is 40.8. The standard InChI is InChI=1S/C55H82N2/c1-9-13-17-21-25-46-33-35-48(54(52(46)27-23-19-15-11-3)56-40-50-31-29-42(5)37-44(50)7)39-49-36-34-47(26-22-18-14-10-2)53(28-24-20-16-12-4)55(49)57-41-51-32-30-43(6)38-45(51)8/h29-38,56-57H,9-28,39-41H2,1-8H3. The minimum Gasteiger partial charge on any atom is -0.380 e. The van der Waals surface area contributed by atoms with Crippen LogP contribution in [0.15, 0.2) is 60.7 Å². The monoisotopic (exact) mass is 771 g/mol. The van der Waals surface area contributed by atoms with Gasteiger partial charge in [-0.1, -0.05) is 177 Å². The van der Waals surface area contributed by atoms with Crippen LogP contribution in [0.5, 0.6) is 0 Å². The molecule has 0 atom stereocenters. The van der Waals surface area contributed by atoms with Crippen LogP contribution in [0.1, 0.15) is 197 Å². The third-order valence-corrected chi connectivity index (χ3v) is 12.4. The quantitative estimate of drug-likeness (QED) is 0.0562. The third kappa shape index (κ3) is 15.0. The molecule has 4 aromatic carbocycles. The summed E-state index contributed by atoms with van der Waals surface area (Å²) < 4.78 is 0. The summed E-state index contributed by atoms with van der Waals surface area (Å²) in [4.78, 5) is 0. The summed E-state index contributed by atoms with van der Waals surface area (Å²) in [6.07, 6.45) is 26.3. The number of hydrogen-bond donors (Lipinski definition) is 2. The summed E-state index contributed by atoms with van der Waals surface area (Å²) in [7, 11) is 0. The van der Waals surface area contributed by atoms with Crippen molar-refractivity contribution in [1.82, 2.24) is 0 Å². The maximum absolute atomic E-state index is 4.15. The average molecular weight is 771 g/mol. The van der Waals surface area contributed by atoms with E-state index < -0.39 is 0 Å². The van der Waals surface area contributed by atoms with E-state index in [-0.39, 0.29) is 0 Å². The largest absolute Gasteiger partial charge is 0.380 e. The zero-order valence-corrected chi connectivity index (χ0v) is 38.0. The number of benzene rings is 4. The number of unbranched alkanes of at least 4 members (excludes halogenated alkanes) is 12. The molecule has 0 amide bonds.